The average molecular weight is 189 g/mol. The van der Waals surface area contributed by atoms with Crippen molar-refractivity contribution >= 4 is 0 Å². The summed E-state index contributed by atoms with van der Waals surface area (Å²) in [4.78, 5) is 0. The van der Waals surface area contributed by atoms with Gasteiger partial charge in [0, 0.05) is 0 Å². The molecule has 1 aliphatic rings. The first-order valence-electron chi connectivity index (χ1n) is 4.53. The Morgan fingerprint density at radius 3 is 2.38 bits per heavy atom. The fourth-order valence-electron chi connectivity index (χ4n) is 1.02. The van der Waals surface area contributed by atoms with E-state index in [9.17, 15) is 5.11 Å². The first-order valence-corrected chi connectivity index (χ1v) is 4.53. The van der Waals surface area contributed by atoms with Gasteiger partial charge in [0.2, 0.25) is 0 Å². The predicted octanol–water partition coefficient (Wildman–Crippen LogP) is -0.110. The van der Waals surface area contributed by atoms with E-state index in [2.05, 4.69) is 0 Å². The summed E-state index contributed by atoms with van der Waals surface area (Å²) in [7, 11) is 0. The highest BCUT2D eigenvalue weighted by atomic mass is 16.5. The van der Waals surface area contributed by atoms with Crippen LogP contribution in [0.25, 0.3) is 0 Å². The molecule has 0 amide bonds. The lowest BCUT2D eigenvalue weighted by Gasteiger charge is -2.41. The molecule has 4 nitrogen and oxygen atoms in total. The molecule has 4 heteroatoms. The van der Waals surface area contributed by atoms with E-state index in [0.717, 1.165) is 0 Å². The van der Waals surface area contributed by atoms with Crippen LogP contribution in [0.5, 0.6) is 0 Å². The SMILES string of the molecule is CC(C)(C)OCC(N)C1(O)COC1. The lowest BCUT2D eigenvalue weighted by Crippen LogP contribution is -2.63. The molecule has 0 radical (unpaired) electrons. The molecular weight excluding hydrogens is 170 g/mol. The van der Waals surface area contributed by atoms with Crippen LogP contribution >= 0.6 is 0 Å². The van der Waals surface area contributed by atoms with Gasteiger partial charge in [0.05, 0.1) is 31.5 Å². The smallest absolute Gasteiger partial charge is 0.128 e. The van der Waals surface area contributed by atoms with Gasteiger partial charge < -0.3 is 20.3 Å². The van der Waals surface area contributed by atoms with E-state index in [-0.39, 0.29) is 11.6 Å². The zero-order valence-electron chi connectivity index (χ0n) is 8.54. The number of ether oxygens (including phenoxy) is 2. The summed E-state index contributed by atoms with van der Waals surface area (Å²) < 4.78 is 10.4. The van der Waals surface area contributed by atoms with Gasteiger partial charge in [0.15, 0.2) is 0 Å². The molecule has 1 fully saturated rings. The van der Waals surface area contributed by atoms with Crippen molar-refractivity contribution in [2.24, 2.45) is 5.73 Å². The first kappa shape index (κ1) is 10.9. The van der Waals surface area contributed by atoms with Crippen LogP contribution in [0.3, 0.4) is 0 Å². The third kappa shape index (κ3) is 2.91. The van der Waals surface area contributed by atoms with Crippen molar-refractivity contribution in [3.8, 4) is 0 Å². The first-order chi connectivity index (χ1) is 5.83. The molecule has 1 atom stereocenters. The van der Waals surface area contributed by atoms with Gasteiger partial charge in [-0.05, 0) is 20.8 Å². The fourth-order valence-corrected chi connectivity index (χ4v) is 1.02. The molecule has 1 rings (SSSR count). The Morgan fingerprint density at radius 1 is 1.54 bits per heavy atom. The minimum atomic E-state index is -0.870. The fraction of sp³-hybridized carbons (Fsp3) is 1.00. The second-order valence-electron chi connectivity index (χ2n) is 4.63. The molecule has 0 spiro atoms. The Kier molecular flexibility index (Phi) is 2.97. The van der Waals surface area contributed by atoms with Gasteiger partial charge in [0.25, 0.3) is 0 Å². The van der Waals surface area contributed by atoms with E-state index in [0.29, 0.717) is 19.8 Å². The highest BCUT2D eigenvalue weighted by Gasteiger charge is 2.42. The van der Waals surface area contributed by atoms with Crippen molar-refractivity contribution in [2.75, 3.05) is 19.8 Å². The molecule has 0 aromatic rings. The predicted molar refractivity (Wildman–Crippen MR) is 49.4 cm³/mol. The van der Waals surface area contributed by atoms with Crippen LogP contribution in [0.15, 0.2) is 0 Å². The maximum atomic E-state index is 9.75. The molecule has 1 saturated heterocycles. The lowest BCUT2D eigenvalue weighted by molar-refractivity contribution is -0.200. The normalized spacial score (nSPS) is 23.8. The number of nitrogens with two attached hydrogens (primary N) is 1. The topological polar surface area (TPSA) is 64.7 Å². The van der Waals surface area contributed by atoms with Crippen molar-refractivity contribution in [3.63, 3.8) is 0 Å². The maximum Gasteiger partial charge on any atom is 0.128 e. The van der Waals surface area contributed by atoms with E-state index >= 15 is 0 Å². The van der Waals surface area contributed by atoms with Crippen molar-refractivity contribution in [2.45, 2.75) is 38.0 Å². The number of rotatable bonds is 3. The second-order valence-corrected chi connectivity index (χ2v) is 4.63. The highest BCUT2D eigenvalue weighted by Crippen LogP contribution is 2.21. The Bertz CT molecular complexity index is 172. The number of hydrogen-bond donors (Lipinski definition) is 2. The largest absolute Gasteiger partial charge is 0.383 e. The van der Waals surface area contributed by atoms with E-state index in [4.69, 9.17) is 15.2 Å². The maximum absolute atomic E-state index is 9.75. The average Bonchev–Trinajstić information content (AvgIpc) is 1.94. The van der Waals surface area contributed by atoms with Gasteiger partial charge in [-0.3, -0.25) is 0 Å². The summed E-state index contributed by atoms with van der Waals surface area (Å²) in [5, 5.41) is 9.75. The van der Waals surface area contributed by atoms with Crippen molar-refractivity contribution in [1.29, 1.82) is 0 Å². The lowest BCUT2D eigenvalue weighted by atomic mass is 9.93. The second kappa shape index (κ2) is 3.53. The van der Waals surface area contributed by atoms with Crippen molar-refractivity contribution < 1.29 is 14.6 Å². The Hall–Kier alpha value is -0.160. The highest BCUT2D eigenvalue weighted by molar-refractivity contribution is 4.95. The summed E-state index contributed by atoms with van der Waals surface area (Å²) in [6.07, 6.45) is 0. The minimum Gasteiger partial charge on any atom is -0.383 e. The quantitative estimate of drug-likeness (QED) is 0.650. The van der Waals surface area contributed by atoms with E-state index < -0.39 is 5.60 Å². The van der Waals surface area contributed by atoms with Gasteiger partial charge in [0.1, 0.15) is 5.60 Å². The molecule has 3 N–H and O–H groups in total. The van der Waals surface area contributed by atoms with Gasteiger partial charge >= 0.3 is 0 Å². The third-order valence-electron chi connectivity index (χ3n) is 2.09. The molecule has 0 aliphatic carbocycles. The summed E-state index contributed by atoms with van der Waals surface area (Å²) in [6.45, 7) is 6.88. The third-order valence-corrected chi connectivity index (χ3v) is 2.09. The van der Waals surface area contributed by atoms with Crippen LogP contribution in [0.1, 0.15) is 20.8 Å². The summed E-state index contributed by atoms with van der Waals surface area (Å²) in [5.74, 6) is 0. The molecule has 1 aliphatic heterocycles. The molecule has 0 saturated carbocycles. The van der Waals surface area contributed by atoms with Crippen LogP contribution in [0, 0.1) is 0 Å². The molecular formula is C9H19NO3. The standard InChI is InChI=1S/C9H19NO3/c1-8(2,3)13-4-7(10)9(11)5-12-6-9/h7,11H,4-6,10H2,1-3H3. The Labute approximate surface area is 79.0 Å². The van der Waals surface area contributed by atoms with Crippen LogP contribution in [-0.2, 0) is 9.47 Å². The van der Waals surface area contributed by atoms with Crippen molar-refractivity contribution in [3.05, 3.63) is 0 Å². The number of aliphatic hydroxyl groups is 1. The van der Waals surface area contributed by atoms with E-state index in [1.54, 1.807) is 0 Å². The summed E-state index contributed by atoms with van der Waals surface area (Å²) in [6, 6.07) is -0.361. The minimum absolute atomic E-state index is 0.210. The summed E-state index contributed by atoms with van der Waals surface area (Å²) >= 11 is 0. The van der Waals surface area contributed by atoms with Crippen LogP contribution < -0.4 is 5.73 Å². The Morgan fingerprint density at radius 2 is 2.08 bits per heavy atom. The molecule has 13 heavy (non-hydrogen) atoms. The summed E-state index contributed by atoms with van der Waals surface area (Å²) in [5.41, 5.74) is 4.69. The van der Waals surface area contributed by atoms with Crippen LogP contribution in [0.2, 0.25) is 0 Å². The van der Waals surface area contributed by atoms with Crippen LogP contribution in [-0.4, -0.2) is 42.2 Å². The molecule has 0 bridgehead atoms. The zero-order chi connectivity index (χ0) is 10.1. The van der Waals surface area contributed by atoms with E-state index in [1.165, 1.54) is 0 Å². The van der Waals surface area contributed by atoms with Gasteiger partial charge in [-0.2, -0.15) is 0 Å². The molecule has 78 valence electrons. The molecule has 0 aromatic carbocycles. The van der Waals surface area contributed by atoms with Gasteiger partial charge in [-0.15, -0.1) is 0 Å². The molecule has 0 aromatic heterocycles. The van der Waals surface area contributed by atoms with Gasteiger partial charge in [-0.25, -0.2) is 0 Å². The zero-order valence-corrected chi connectivity index (χ0v) is 8.54. The van der Waals surface area contributed by atoms with Crippen LogP contribution in [0.4, 0.5) is 0 Å². The molecule has 1 unspecified atom stereocenters. The Balaban J connectivity index is 2.29. The van der Waals surface area contributed by atoms with E-state index in [1.807, 2.05) is 20.8 Å². The molecule has 1 heterocycles. The number of hydrogen-bond acceptors (Lipinski definition) is 4. The van der Waals surface area contributed by atoms with Gasteiger partial charge in [-0.1, -0.05) is 0 Å². The van der Waals surface area contributed by atoms with Crippen molar-refractivity contribution in [1.82, 2.24) is 0 Å². The monoisotopic (exact) mass is 189 g/mol.